The molecule has 10 atom stereocenters. The number of benzene rings is 8. The molecule has 820 valence electrons. The molecule has 0 saturated carbocycles. The number of nitrogens with zero attached hydrogens (tertiary/aromatic N) is 4. The maximum absolute atomic E-state index is 12.8. The molecule has 0 N–H and O–H groups in total. The van der Waals surface area contributed by atoms with Gasteiger partial charge in [0, 0.05) is 107 Å². The third kappa shape index (κ3) is 57.7. The molecule has 8 aromatic rings. The van der Waals surface area contributed by atoms with Gasteiger partial charge < -0.3 is 94.5 Å². The summed E-state index contributed by atoms with van der Waals surface area (Å²) < 4.78 is 164. The monoisotopic (exact) mass is 2290 g/mol. The van der Waals surface area contributed by atoms with Crippen LogP contribution in [0.3, 0.4) is 0 Å². The molecule has 0 bridgehead atoms. The highest BCUT2D eigenvalue weighted by molar-refractivity contribution is 8.70. The molecule has 8 aromatic carbocycles. The van der Waals surface area contributed by atoms with Crippen LogP contribution in [0.1, 0.15) is 86.1 Å². The van der Waals surface area contributed by atoms with Crippen LogP contribution >= 0.6 is 94.0 Å². The van der Waals surface area contributed by atoms with Crippen LogP contribution in [0, 0.1) is 0 Å². The van der Waals surface area contributed by atoms with E-state index in [1.54, 1.807) is 51.2 Å². The van der Waals surface area contributed by atoms with Gasteiger partial charge in [-0.2, -0.15) is 23.5 Å². The summed E-state index contributed by atoms with van der Waals surface area (Å²) in [7, 11) is 23.4. The maximum Gasteiger partial charge on any atom is 0.390 e. The quantitative estimate of drug-likeness (QED) is 0.0195. The number of rotatable bonds is 76. The van der Waals surface area contributed by atoms with Gasteiger partial charge in [-0.15, -0.1) is 0 Å². The topological polar surface area (TPSA) is 266 Å². The minimum atomic E-state index is -3.39. The van der Waals surface area contributed by atoms with Gasteiger partial charge >= 0.3 is 13.6 Å². The molecule has 8 rings (SSSR count). The Morgan fingerprint density at radius 3 is 0.801 bits per heavy atom. The lowest BCUT2D eigenvalue weighted by molar-refractivity contribution is -0.0627. The average molecular weight is 2290 g/mol. The van der Waals surface area contributed by atoms with E-state index >= 15 is 0 Å². The molecule has 28 nitrogen and oxygen atoms in total. The van der Waals surface area contributed by atoms with Crippen LogP contribution in [-0.2, 0) is 161 Å². The summed E-state index contributed by atoms with van der Waals surface area (Å²) >= 11 is 20.2. The molecule has 0 aliphatic carbocycles. The Hall–Kier alpha value is -4.32. The zero-order valence-electron chi connectivity index (χ0n) is 88.9. The van der Waals surface area contributed by atoms with Crippen molar-refractivity contribution in [1.29, 1.82) is 0 Å². The first-order chi connectivity index (χ1) is 70.3. The standard InChI is InChI=1S/2C26H40NO7PS2.2C26H40NO5PS3/c2*1-6-37(29)17-16-36-35(28,31-5)34-21-33-25(19-27(2)3)20-32-26-13-8-7-11-23(26)15-14-22-10-9-12-24(18-22)30-4;2*1-6-31-33(34,36-21-35-7-2)32-20-30-25(18-27(3)4)19-29-26-14-9-8-12-23(26)16-15-22-11-10-13-24(17-22)28-5/h2*7-13,18,25H,6,14-17,19-21H2,1-5H3;2*8-14,17,25H,6-7,15-16,18-21H2,1-5H3/t2*25-,35?,37?;25-,33?;/m101./s1. The first-order valence-electron chi connectivity index (χ1n) is 48.6. The van der Waals surface area contributed by atoms with Crippen molar-refractivity contribution in [2.24, 2.45) is 0 Å². The smallest absolute Gasteiger partial charge is 0.390 e. The SMILES string of the molecule is CCOP(=S)(OCOC(COc1ccccc1CCc1cccc(OC)c1)CN(C)C)SCSCC.CCOP(=S)(OCO[C@@H](COc1ccccc1CCc1cccc(OC)c1)CN(C)C)SCSCC.CCS(=O)CCSP(=O)(OC)OCO[C@@H](COc1ccccc1CCc1cccc(OC)c1)CN(C)C.CCS(=O)CCSP(=O)(OC)OCO[C@H](COc1ccccc1CCc1cccc(OC)c1)CN(C)C. The van der Waals surface area contributed by atoms with E-state index in [9.17, 15) is 17.5 Å². The van der Waals surface area contributed by atoms with Gasteiger partial charge in [0.15, 0.2) is 27.2 Å². The molecule has 42 heteroatoms. The average Bonchev–Trinajstić information content (AvgIpc) is 0.871. The van der Waals surface area contributed by atoms with E-state index in [1.165, 1.54) is 36.5 Å². The number of thioether (sulfide) groups is 2. The summed E-state index contributed by atoms with van der Waals surface area (Å²) in [4.78, 5) is 8.14. The molecule has 0 radical (unpaired) electrons. The van der Waals surface area contributed by atoms with Crippen LogP contribution in [-0.4, -0.2) is 301 Å². The predicted octanol–water partition coefficient (Wildman–Crippen LogP) is 23.0. The highest BCUT2D eigenvalue weighted by Crippen LogP contribution is 2.64. The molecule has 0 saturated heterocycles. The van der Waals surface area contributed by atoms with Gasteiger partial charge in [-0.3, -0.25) is 26.5 Å². The molecule has 0 fully saturated rings. The Bertz CT molecular complexity index is 4810. The molecule has 0 aliphatic heterocycles. The van der Waals surface area contributed by atoms with E-state index < -0.39 is 46.6 Å². The summed E-state index contributed by atoms with van der Waals surface area (Å²) in [5.74, 6) is 11.7. The van der Waals surface area contributed by atoms with E-state index in [0.29, 0.717) is 100 Å². The Labute approximate surface area is 912 Å². The number of aryl methyl sites for hydroxylation is 8. The summed E-state index contributed by atoms with van der Waals surface area (Å²) in [5.41, 5.74) is 4.54. The Balaban J connectivity index is 0.000000342. The predicted molar refractivity (Wildman–Crippen MR) is 621 cm³/mol. The largest absolute Gasteiger partial charge is 0.497 e. The van der Waals surface area contributed by atoms with Crippen LogP contribution in [0.15, 0.2) is 194 Å². The van der Waals surface area contributed by atoms with Crippen molar-refractivity contribution in [3.63, 3.8) is 0 Å². The van der Waals surface area contributed by atoms with Crippen LogP contribution in [0.5, 0.6) is 46.0 Å². The number of para-hydroxylation sites is 4. The molecule has 0 amide bonds. The van der Waals surface area contributed by atoms with Crippen molar-refractivity contribution in [2.75, 3.05) is 248 Å². The van der Waals surface area contributed by atoms with E-state index in [0.717, 1.165) is 164 Å². The lowest BCUT2D eigenvalue weighted by atomic mass is 10.0. The highest BCUT2D eigenvalue weighted by atomic mass is 32.9. The van der Waals surface area contributed by atoms with Crippen molar-refractivity contribution in [1.82, 2.24) is 19.6 Å². The number of likely N-dealkylation sites (N-methyl/N-ethyl adjacent to an activating group) is 4. The molecule has 0 heterocycles. The normalized spacial score (nSPS) is 14.4. The summed E-state index contributed by atoms with van der Waals surface area (Å²) in [5, 5.41) is 1.70. The van der Waals surface area contributed by atoms with Crippen LogP contribution in [0.25, 0.3) is 0 Å². The van der Waals surface area contributed by atoms with Gasteiger partial charge in [-0.05, 0) is 297 Å². The fraction of sp³-hybridized carbons (Fsp3) is 0.538. The minimum absolute atomic E-state index is 0.0838. The van der Waals surface area contributed by atoms with E-state index in [2.05, 4.69) is 84.3 Å². The first kappa shape index (κ1) is 132. The van der Waals surface area contributed by atoms with Gasteiger partial charge in [0.1, 0.15) is 96.8 Å². The van der Waals surface area contributed by atoms with E-state index in [-0.39, 0.29) is 51.6 Å². The third-order valence-electron chi connectivity index (χ3n) is 21.0. The van der Waals surface area contributed by atoms with Crippen molar-refractivity contribution in [2.45, 2.75) is 117 Å². The van der Waals surface area contributed by atoms with Gasteiger partial charge in [-0.25, -0.2) is 9.13 Å². The second-order valence-corrected chi connectivity index (χ2v) is 61.5. The lowest BCUT2D eigenvalue weighted by Gasteiger charge is -2.25. The Morgan fingerprint density at radius 1 is 0.322 bits per heavy atom. The number of hydrogen-bond acceptors (Lipinski definition) is 36. The van der Waals surface area contributed by atoms with Gasteiger partial charge in [-0.1, -0.05) is 172 Å². The van der Waals surface area contributed by atoms with Crippen LogP contribution in [0.4, 0.5) is 0 Å². The van der Waals surface area contributed by atoms with Crippen molar-refractivity contribution < 1.29 is 111 Å². The second-order valence-electron chi connectivity index (χ2n) is 33.3. The van der Waals surface area contributed by atoms with Crippen molar-refractivity contribution in [3.8, 4) is 46.0 Å². The van der Waals surface area contributed by atoms with Crippen molar-refractivity contribution in [3.05, 3.63) is 239 Å². The van der Waals surface area contributed by atoms with Crippen molar-refractivity contribution >= 4 is 139 Å². The fourth-order valence-corrected chi connectivity index (χ4v) is 34.7. The highest BCUT2D eigenvalue weighted by Gasteiger charge is 2.30. The molecule has 146 heavy (non-hydrogen) atoms. The van der Waals surface area contributed by atoms with Crippen LogP contribution < -0.4 is 37.9 Å². The number of methoxy groups -OCH3 is 4. The Kier molecular flexibility index (Phi) is 70.5. The maximum atomic E-state index is 12.8. The summed E-state index contributed by atoms with van der Waals surface area (Å²) in [6.07, 6.45) is 5.93. The molecule has 0 aliphatic rings. The minimum Gasteiger partial charge on any atom is -0.497 e. The van der Waals surface area contributed by atoms with Crippen LogP contribution in [0.2, 0.25) is 0 Å². The molecule has 0 spiro atoms. The van der Waals surface area contributed by atoms with Gasteiger partial charge in [0.05, 0.1) is 41.7 Å². The molecule has 0 aromatic heterocycles. The Morgan fingerprint density at radius 2 is 0.575 bits per heavy atom. The third-order valence-corrected chi connectivity index (χ3v) is 45.6. The molecular formula is C104H160N4O24P4S10. The lowest BCUT2D eigenvalue weighted by Crippen LogP contribution is -2.34. The molecular weight excluding hydrogens is 2130 g/mol. The number of ether oxygens (including phenoxy) is 12. The van der Waals surface area contributed by atoms with Gasteiger partial charge in [0.25, 0.3) is 0 Å². The summed E-state index contributed by atoms with van der Waals surface area (Å²) in [6, 6.07) is 64.8. The fourth-order valence-electron chi connectivity index (χ4n) is 13.5. The zero-order chi connectivity index (χ0) is 107. The van der Waals surface area contributed by atoms with E-state index in [1.807, 2.05) is 251 Å². The molecule has 7 unspecified atom stereocenters. The summed E-state index contributed by atoms with van der Waals surface area (Å²) in [6.45, 7) is 9.88. The van der Waals surface area contributed by atoms with E-state index in [4.69, 9.17) is 117 Å². The zero-order valence-corrected chi connectivity index (χ0v) is 101. The van der Waals surface area contributed by atoms with Gasteiger partial charge in [0.2, 0.25) is 11.4 Å². The number of hydrogen-bond donors (Lipinski definition) is 0. The first-order valence-corrected chi connectivity index (χ1v) is 68.6. The second kappa shape index (κ2) is 77.9.